The van der Waals surface area contributed by atoms with E-state index in [0.29, 0.717) is 0 Å². The Labute approximate surface area is 120 Å². The van der Waals surface area contributed by atoms with Crippen LogP contribution in [0.5, 0.6) is 0 Å². The molecule has 0 spiro atoms. The minimum atomic E-state index is -0.305. The van der Waals surface area contributed by atoms with Crippen LogP contribution < -0.4 is 11.3 Å². The van der Waals surface area contributed by atoms with Crippen molar-refractivity contribution in [2.45, 2.75) is 58.3 Å². The molecule has 112 valence electrons. The maximum Gasteiger partial charge on any atom is 0.123 e. The number of nitrogens with two attached hydrogens (primary N) is 1. The van der Waals surface area contributed by atoms with Crippen LogP contribution >= 0.6 is 0 Å². The molecule has 2 rings (SSSR count). The Bertz CT molecular complexity index is 479. The number of aryl methyl sites for hydroxylation is 1. The molecule has 1 aromatic rings. The van der Waals surface area contributed by atoms with Gasteiger partial charge in [0.2, 0.25) is 0 Å². The van der Waals surface area contributed by atoms with Crippen LogP contribution in [-0.2, 0) is 4.74 Å². The smallest absolute Gasteiger partial charge is 0.123 e. The van der Waals surface area contributed by atoms with Crippen LogP contribution in [0.25, 0.3) is 0 Å². The van der Waals surface area contributed by atoms with E-state index in [1.165, 1.54) is 6.07 Å². The molecule has 3 nitrogen and oxygen atoms in total. The van der Waals surface area contributed by atoms with Crippen molar-refractivity contribution in [1.29, 1.82) is 0 Å². The van der Waals surface area contributed by atoms with Gasteiger partial charge < -0.3 is 4.74 Å². The summed E-state index contributed by atoms with van der Waals surface area (Å²) in [6, 6.07) is 4.94. The predicted molar refractivity (Wildman–Crippen MR) is 78.6 cm³/mol. The number of ether oxygens (including phenoxy) is 1. The van der Waals surface area contributed by atoms with Gasteiger partial charge in [-0.25, -0.2) is 4.39 Å². The minimum absolute atomic E-state index is 0.124. The van der Waals surface area contributed by atoms with Gasteiger partial charge in [-0.3, -0.25) is 11.3 Å². The third-order valence-electron chi connectivity index (χ3n) is 4.15. The third-order valence-corrected chi connectivity index (χ3v) is 4.15. The molecule has 1 aromatic carbocycles. The van der Waals surface area contributed by atoms with Gasteiger partial charge in [0.15, 0.2) is 0 Å². The first-order valence-corrected chi connectivity index (χ1v) is 7.08. The fourth-order valence-corrected chi connectivity index (χ4v) is 3.51. The van der Waals surface area contributed by atoms with Gasteiger partial charge in [-0.1, -0.05) is 6.07 Å². The van der Waals surface area contributed by atoms with Gasteiger partial charge in [0.05, 0.1) is 17.2 Å². The molecule has 1 aliphatic rings. The lowest BCUT2D eigenvalue weighted by Gasteiger charge is -2.33. The molecule has 2 unspecified atom stereocenters. The van der Waals surface area contributed by atoms with Crippen LogP contribution in [0.4, 0.5) is 4.39 Å². The van der Waals surface area contributed by atoms with E-state index in [1.54, 1.807) is 6.07 Å². The van der Waals surface area contributed by atoms with Crippen molar-refractivity contribution in [2.75, 3.05) is 0 Å². The van der Waals surface area contributed by atoms with Gasteiger partial charge in [0, 0.05) is 5.92 Å². The van der Waals surface area contributed by atoms with E-state index in [9.17, 15) is 4.39 Å². The van der Waals surface area contributed by atoms with E-state index < -0.39 is 0 Å². The molecule has 1 aliphatic heterocycles. The largest absolute Gasteiger partial charge is 0.369 e. The van der Waals surface area contributed by atoms with Crippen molar-refractivity contribution < 1.29 is 9.13 Å². The summed E-state index contributed by atoms with van der Waals surface area (Å²) in [7, 11) is 0. The first-order chi connectivity index (χ1) is 9.14. The Morgan fingerprint density at radius 1 is 1.30 bits per heavy atom. The monoisotopic (exact) mass is 280 g/mol. The van der Waals surface area contributed by atoms with Gasteiger partial charge in [0.1, 0.15) is 5.82 Å². The van der Waals surface area contributed by atoms with Gasteiger partial charge in [0.25, 0.3) is 0 Å². The molecule has 1 heterocycles. The molecule has 4 heteroatoms. The molecule has 20 heavy (non-hydrogen) atoms. The molecule has 3 N–H and O–H groups in total. The Morgan fingerprint density at radius 2 is 1.95 bits per heavy atom. The van der Waals surface area contributed by atoms with E-state index in [4.69, 9.17) is 10.6 Å². The van der Waals surface area contributed by atoms with Crippen LogP contribution in [0, 0.1) is 18.7 Å². The van der Waals surface area contributed by atoms with Crippen LogP contribution in [0.15, 0.2) is 18.2 Å². The SMILES string of the molecule is Cc1cc(F)cc(C(NN)C2CC(C)(C)OC2(C)C)c1. The first-order valence-electron chi connectivity index (χ1n) is 7.08. The van der Waals surface area contributed by atoms with Crippen molar-refractivity contribution >= 4 is 0 Å². The summed E-state index contributed by atoms with van der Waals surface area (Å²) in [5.41, 5.74) is 4.15. The highest BCUT2D eigenvalue weighted by Crippen LogP contribution is 2.47. The van der Waals surface area contributed by atoms with E-state index >= 15 is 0 Å². The molecule has 0 amide bonds. The average molecular weight is 280 g/mol. The van der Waals surface area contributed by atoms with Gasteiger partial charge in [-0.2, -0.15) is 0 Å². The summed E-state index contributed by atoms with van der Waals surface area (Å²) in [5.74, 6) is 5.72. The molecule has 2 atom stereocenters. The second-order valence-corrected chi connectivity index (χ2v) is 6.98. The number of nitrogens with one attached hydrogen (secondary N) is 1. The first kappa shape index (κ1) is 15.4. The van der Waals surface area contributed by atoms with Crippen LogP contribution in [0.3, 0.4) is 0 Å². The number of hydrogen-bond acceptors (Lipinski definition) is 3. The number of hydrazine groups is 1. The summed E-state index contributed by atoms with van der Waals surface area (Å²) in [6.45, 7) is 10.2. The second-order valence-electron chi connectivity index (χ2n) is 6.98. The summed E-state index contributed by atoms with van der Waals surface area (Å²) in [5, 5.41) is 0. The molecule has 0 radical (unpaired) electrons. The van der Waals surface area contributed by atoms with Crippen molar-refractivity contribution in [1.82, 2.24) is 5.43 Å². The van der Waals surface area contributed by atoms with E-state index in [-0.39, 0.29) is 29.0 Å². The third kappa shape index (κ3) is 3.03. The fourth-order valence-electron chi connectivity index (χ4n) is 3.51. The summed E-state index contributed by atoms with van der Waals surface area (Å²) in [6.07, 6.45) is 0.879. The summed E-state index contributed by atoms with van der Waals surface area (Å²) < 4.78 is 19.8. The molecular formula is C16H25FN2O. The average Bonchev–Trinajstić information content (AvgIpc) is 2.46. The Hall–Kier alpha value is -0.970. The van der Waals surface area contributed by atoms with Crippen molar-refractivity contribution in [3.05, 3.63) is 35.1 Å². The predicted octanol–water partition coefficient (Wildman–Crippen LogP) is 3.23. The maximum atomic E-state index is 13.7. The molecule has 1 saturated heterocycles. The molecular weight excluding hydrogens is 255 g/mol. The quantitative estimate of drug-likeness (QED) is 0.660. The highest BCUT2D eigenvalue weighted by Gasteiger charge is 2.49. The number of halogens is 1. The van der Waals surface area contributed by atoms with Crippen LogP contribution in [0.2, 0.25) is 0 Å². The van der Waals surface area contributed by atoms with Crippen LogP contribution in [-0.4, -0.2) is 11.2 Å². The van der Waals surface area contributed by atoms with E-state index in [1.807, 2.05) is 13.0 Å². The molecule has 0 saturated carbocycles. The highest BCUT2D eigenvalue weighted by atomic mass is 19.1. The summed E-state index contributed by atoms with van der Waals surface area (Å²) >= 11 is 0. The molecule has 0 bridgehead atoms. The lowest BCUT2D eigenvalue weighted by molar-refractivity contribution is -0.0779. The number of benzene rings is 1. The Morgan fingerprint density at radius 3 is 2.40 bits per heavy atom. The normalized spacial score (nSPS) is 25.6. The fraction of sp³-hybridized carbons (Fsp3) is 0.625. The highest BCUT2D eigenvalue weighted by molar-refractivity contribution is 5.27. The van der Waals surface area contributed by atoms with Gasteiger partial charge in [-0.05, 0) is 64.3 Å². The van der Waals surface area contributed by atoms with E-state index in [0.717, 1.165) is 17.5 Å². The number of rotatable bonds is 3. The van der Waals surface area contributed by atoms with Crippen molar-refractivity contribution in [3.63, 3.8) is 0 Å². The van der Waals surface area contributed by atoms with Crippen molar-refractivity contribution in [2.24, 2.45) is 11.8 Å². The zero-order chi connectivity index (χ0) is 15.1. The van der Waals surface area contributed by atoms with Gasteiger partial charge in [-0.15, -0.1) is 0 Å². The van der Waals surface area contributed by atoms with Crippen molar-refractivity contribution in [3.8, 4) is 0 Å². The lowest BCUT2D eigenvalue weighted by atomic mass is 9.79. The topological polar surface area (TPSA) is 47.3 Å². The lowest BCUT2D eigenvalue weighted by Crippen LogP contribution is -2.41. The van der Waals surface area contributed by atoms with E-state index in [2.05, 4.69) is 33.1 Å². The zero-order valence-electron chi connectivity index (χ0n) is 13.0. The minimum Gasteiger partial charge on any atom is -0.369 e. The molecule has 0 aliphatic carbocycles. The summed E-state index contributed by atoms with van der Waals surface area (Å²) in [4.78, 5) is 0. The molecule has 1 fully saturated rings. The Kier molecular flexibility index (Phi) is 3.93. The second kappa shape index (κ2) is 5.10. The van der Waals surface area contributed by atoms with Gasteiger partial charge >= 0.3 is 0 Å². The Balaban J connectivity index is 2.37. The molecule has 0 aromatic heterocycles. The van der Waals surface area contributed by atoms with Crippen LogP contribution in [0.1, 0.15) is 51.3 Å². The number of hydrogen-bond donors (Lipinski definition) is 2. The standard InChI is InChI=1S/C16H25FN2O/c1-10-6-11(8-12(17)7-10)14(19-18)13-9-15(2,3)20-16(13,4)5/h6-8,13-14,19H,9,18H2,1-5H3. The zero-order valence-corrected chi connectivity index (χ0v) is 13.0. The maximum absolute atomic E-state index is 13.7.